The number of carboxylic acid groups (broad SMARTS) is 2. The molecule has 8 nitrogen and oxygen atoms in total. The van der Waals surface area contributed by atoms with E-state index in [0.29, 0.717) is 13.2 Å². The van der Waals surface area contributed by atoms with Crippen molar-refractivity contribution in [3.05, 3.63) is 52.5 Å². The fourth-order valence-electron chi connectivity index (χ4n) is 3.58. The number of hydrogen-bond donors (Lipinski definition) is 2. The zero-order valence-electron chi connectivity index (χ0n) is 19.2. The topological polar surface area (TPSA) is 109 Å². The van der Waals surface area contributed by atoms with Crippen LogP contribution in [0, 0.1) is 0 Å². The molecule has 1 spiro atoms. The number of aromatic nitrogens is 1. The number of thiophene rings is 1. The fourth-order valence-corrected chi connectivity index (χ4v) is 4.32. The summed E-state index contributed by atoms with van der Waals surface area (Å²) in [7, 11) is 0. The number of hydrogen-bond acceptors (Lipinski definition) is 7. The molecule has 4 heterocycles. The summed E-state index contributed by atoms with van der Waals surface area (Å²) in [4.78, 5) is 25.9. The molecule has 0 aliphatic carbocycles. The fraction of sp³-hybridized carbons (Fsp3) is 0.500. The number of likely N-dealkylation sites (tertiary alicyclic amines) is 1. The predicted octanol–water partition coefficient (Wildman–Crippen LogP) is 4.36. The number of halogens is 6. The Balaban J connectivity index is 0.000000286. The maximum atomic E-state index is 10.6. The summed E-state index contributed by atoms with van der Waals surface area (Å²) >= 11 is 1.83. The van der Waals surface area contributed by atoms with Crippen molar-refractivity contribution in [1.82, 2.24) is 9.88 Å². The van der Waals surface area contributed by atoms with Crippen LogP contribution in [0.3, 0.4) is 0 Å². The molecule has 0 amide bonds. The Morgan fingerprint density at radius 1 is 1.14 bits per heavy atom. The summed E-state index contributed by atoms with van der Waals surface area (Å²) in [6, 6.07) is 8.34. The van der Waals surface area contributed by atoms with Gasteiger partial charge in [0.25, 0.3) is 0 Å². The minimum absolute atomic E-state index is 0.0108. The second-order valence-corrected chi connectivity index (χ2v) is 9.17. The van der Waals surface area contributed by atoms with E-state index in [2.05, 4.69) is 33.5 Å². The van der Waals surface area contributed by atoms with Crippen molar-refractivity contribution in [2.24, 2.45) is 0 Å². The first-order valence-corrected chi connectivity index (χ1v) is 11.6. The lowest BCUT2D eigenvalue weighted by molar-refractivity contribution is -0.193. The molecular formula is C22H24F6N2O6S. The number of carbonyl (C=O) groups is 2. The number of nitrogens with zero attached hydrogens (tertiary/aromatic N) is 2. The van der Waals surface area contributed by atoms with E-state index >= 15 is 0 Å². The van der Waals surface area contributed by atoms with Crippen LogP contribution in [-0.4, -0.2) is 75.8 Å². The monoisotopic (exact) mass is 558 g/mol. The number of ether oxygens (including phenoxy) is 2. The molecule has 2 saturated heterocycles. The minimum atomic E-state index is -5.08. The summed E-state index contributed by atoms with van der Waals surface area (Å²) in [5.41, 5.74) is 1.14. The van der Waals surface area contributed by atoms with Gasteiger partial charge in [0.15, 0.2) is 0 Å². The van der Waals surface area contributed by atoms with Crippen LogP contribution in [0.15, 0.2) is 42.0 Å². The van der Waals surface area contributed by atoms with Crippen molar-refractivity contribution >= 4 is 23.3 Å². The molecule has 15 heteroatoms. The summed E-state index contributed by atoms with van der Waals surface area (Å²) < 4.78 is 75.7. The van der Waals surface area contributed by atoms with Crippen LogP contribution in [0.25, 0.3) is 0 Å². The standard InChI is InChI=1S/C18H22N2O2S.2C2HF3O2/c1-3-15(10-19-6-1)12-21-16-9-18(22-13-16)5-7-20(14-18)11-17-4-2-8-23-17;2*3-2(4,5)1(6)7/h1-4,6,8,10,16H,5,7,9,11-14H2;2*(H,6,7)/t16-,18-;;/m0../s1. The van der Waals surface area contributed by atoms with Gasteiger partial charge in [-0.15, -0.1) is 11.3 Å². The van der Waals surface area contributed by atoms with Gasteiger partial charge in [0.1, 0.15) is 0 Å². The molecule has 0 radical (unpaired) electrons. The molecule has 2 aliphatic heterocycles. The highest BCUT2D eigenvalue weighted by Crippen LogP contribution is 2.37. The molecule has 4 rings (SSSR count). The number of pyridine rings is 1. The molecule has 2 aliphatic rings. The minimum Gasteiger partial charge on any atom is -0.475 e. The van der Waals surface area contributed by atoms with Gasteiger partial charge < -0.3 is 19.7 Å². The van der Waals surface area contributed by atoms with Gasteiger partial charge in [0.2, 0.25) is 0 Å². The van der Waals surface area contributed by atoms with Gasteiger partial charge in [-0.1, -0.05) is 12.1 Å². The van der Waals surface area contributed by atoms with Crippen LogP contribution < -0.4 is 0 Å². The molecule has 0 bridgehead atoms. The van der Waals surface area contributed by atoms with E-state index in [4.69, 9.17) is 29.3 Å². The van der Waals surface area contributed by atoms with Gasteiger partial charge >= 0.3 is 24.3 Å². The second kappa shape index (κ2) is 13.2. The SMILES string of the molecule is O=C(O)C(F)(F)F.O=C(O)C(F)(F)F.c1cncc(CO[C@@H]2CO[C@@]3(CCN(Cc4cccs4)C3)C2)c1. The highest BCUT2D eigenvalue weighted by atomic mass is 32.1. The maximum Gasteiger partial charge on any atom is 0.490 e. The van der Waals surface area contributed by atoms with Crippen molar-refractivity contribution in [2.45, 2.75) is 50.1 Å². The van der Waals surface area contributed by atoms with Crippen LogP contribution >= 0.6 is 11.3 Å². The zero-order chi connectivity index (χ0) is 27.7. The van der Waals surface area contributed by atoms with E-state index < -0.39 is 24.3 Å². The molecule has 0 unspecified atom stereocenters. The lowest BCUT2D eigenvalue weighted by atomic mass is 9.98. The lowest BCUT2D eigenvalue weighted by Crippen LogP contribution is -2.32. The first kappa shape index (κ1) is 30.5. The van der Waals surface area contributed by atoms with E-state index in [9.17, 15) is 26.3 Å². The smallest absolute Gasteiger partial charge is 0.475 e. The summed E-state index contributed by atoms with van der Waals surface area (Å²) in [6.07, 6.45) is -4.18. The highest BCUT2D eigenvalue weighted by Gasteiger charge is 2.46. The largest absolute Gasteiger partial charge is 0.490 e. The average molecular weight is 558 g/mol. The van der Waals surface area contributed by atoms with Crippen molar-refractivity contribution < 1.29 is 55.6 Å². The van der Waals surface area contributed by atoms with Gasteiger partial charge in [-0.2, -0.15) is 26.3 Å². The van der Waals surface area contributed by atoms with Crippen LogP contribution in [0.4, 0.5) is 26.3 Å². The van der Waals surface area contributed by atoms with Crippen molar-refractivity contribution in [3.8, 4) is 0 Å². The second-order valence-electron chi connectivity index (χ2n) is 8.14. The molecule has 37 heavy (non-hydrogen) atoms. The quantitative estimate of drug-likeness (QED) is 0.522. The average Bonchev–Trinajstić information content (AvgIpc) is 3.56. The third-order valence-electron chi connectivity index (χ3n) is 5.22. The summed E-state index contributed by atoms with van der Waals surface area (Å²) in [5, 5.41) is 16.4. The molecule has 0 aromatic carbocycles. The number of aliphatic carboxylic acids is 2. The molecule has 0 saturated carbocycles. The highest BCUT2D eigenvalue weighted by molar-refractivity contribution is 7.09. The van der Waals surface area contributed by atoms with Crippen molar-refractivity contribution in [3.63, 3.8) is 0 Å². The van der Waals surface area contributed by atoms with Crippen molar-refractivity contribution in [2.75, 3.05) is 19.7 Å². The normalized spacial score (nSPS) is 21.6. The molecule has 206 valence electrons. The predicted molar refractivity (Wildman–Crippen MR) is 118 cm³/mol. The lowest BCUT2D eigenvalue weighted by Gasteiger charge is -2.23. The van der Waals surface area contributed by atoms with E-state index in [1.807, 2.05) is 23.6 Å². The summed E-state index contributed by atoms with van der Waals surface area (Å²) in [6.45, 7) is 4.53. The summed E-state index contributed by atoms with van der Waals surface area (Å²) in [5.74, 6) is -5.51. The molecule has 2 atom stereocenters. The van der Waals surface area contributed by atoms with Crippen LogP contribution in [0.1, 0.15) is 23.3 Å². The molecular weight excluding hydrogens is 534 g/mol. The van der Waals surface area contributed by atoms with Gasteiger partial charge in [0.05, 0.1) is 24.9 Å². The molecule has 2 aromatic rings. The Morgan fingerprint density at radius 3 is 2.30 bits per heavy atom. The van der Waals surface area contributed by atoms with Crippen LogP contribution in [-0.2, 0) is 32.2 Å². The molecule has 2 N–H and O–H groups in total. The zero-order valence-corrected chi connectivity index (χ0v) is 20.0. The molecule has 2 fully saturated rings. The number of rotatable bonds is 5. The Bertz CT molecular complexity index is 966. The Labute approximate surface area is 211 Å². The van der Waals surface area contributed by atoms with Gasteiger partial charge in [-0.05, 0) is 29.5 Å². The van der Waals surface area contributed by atoms with E-state index in [1.54, 1.807) is 6.20 Å². The first-order valence-electron chi connectivity index (χ1n) is 10.7. The maximum absolute atomic E-state index is 10.6. The van der Waals surface area contributed by atoms with Gasteiger partial charge in [-0.25, -0.2) is 9.59 Å². The van der Waals surface area contributed by atoms with E-state index in [0.717, 1.165) is 38.0 Å². The van der Waals surface area contributed by atoms with Gasteiger partial charge in [0, 0.05) is 43.3 Å². The van der Waals surface area contributed by atoms with Crippen LogP contribution in [0.2, 0.25) is 0 Å². The van der Waals surface area contributed by atoms with E-state index in [-0.39, 0.29) is 11.7 Å². The van der Waals surface area contributed by atoms with E-state index in [1.165, 1.54) is 4.88 Å². The Kier molecular flexibility index (Phi) is 10.8. The van der Waals surface area contributed by atoms with Crippen LogP contribution in [0.5, 0.6) is 0 Å². The first-order chi connectivity index (χ1) is 17.2. The number of carboxylic acids is 2. The third-order valence-corrected chi connectivity index (χ3v) is 6.08. The number of alkyl halides is 6. The molecule has 2 aromatic heterocycles. The Hall–Kier alpha value is -2.75. The van der Waals surface area contributed by atoms with Crippen molar-refractivity contribution in [1.29, 1.82) is 0 Å². The van der Waals surface area contributed by atoms with Gasteiger partial charge in [-0.3, -0.25) is 9.88 Å². The Morgan fingerprint density at radius 2 is 1.78 bits per heavy atom. The third kappa shape index (κ3) is 10.6.